The molecule has 0 bridgehead atoms. The largest absolute Gasteiger partial charge is 0.476 e. The van der Waals surface area contributed by atoms with Gasteiger partial charge < -0.3 is 21.1 Å². The lowest BCUT2D eigenvalue weighted by molar-refractivity contribution is 0.253. The normalized spacial score (nSPS) is 9.72. The van der Waals surface area contributed by atoms with E-state index in [0.717, 1.165) is 12.1 Å². The average molecular weight is 365 g/mol. The van der Waals surface area contributed by atoms with Crippen LogP contribution in [0.1, 0.15) is 5.56 Å². The summed E-state index contributed by atoms with van der Waals surface area (Å²) in [5.74, 6) is 0.673. The molecule has 1 rings (SSSR count). The molecule has 4 N–H and O–H groups in total. The fourth-order valence-electron chi connectivity index (χ4n) is 1.14. The molecule has 0 aliphatic rings. The number of rotatable bonds is 6. The van der Waals surface area contributed by atoms with Gasteiger partial charge in [0, 0.05) is 18.8 Å². The molecule has 0 spiro atoms. The number of hydrogen-bond donors (Lipinski definition) is 2. The van der Waals surface area contributed by atoms with Gasteiger partial charge in [-0.15, -0.1) is 24.0 Å². The van der Waals surface area contributed by atoms with Crippen LogP contribution >= 0.6 is 24.0 Å². The highest BCUT2D eigenvalue weighted by Gasteiger charge is 1.98. The van der Waals surface area contributed by atoms with E-state index in [4.69, 9.17) is 16.2 Å². The number of aromatic nitrogens is 1. The van der Waals surface area contributed by atoms with Gasteiger partial charge in [0.05, 0.1) is 6.54 Å². The van der Waals surface area contributed by atoms with Gasteiger partial charge >= 0.3 is 0 Å². The van der Waals surface area contributed by atoms with Crippen molar-refractivity contribution in [1.82, 2.24) is 9.88 Å². The number of likely N-dealkylation sites (N-methyl/N-ethyl adjacent to an activating group) is 1. The highest BCUT2D eigenvalue weighted by atomic mass is 127. The van der Waals surface area contributed by atoms with Gasteiger partial charge in [-0.3, -0.25) is 0 Å². The van der Waals surface area contributed by atoms with Crippen LogP contribution in [-0.2, 0) is 6.54 Å². The molecule has 0 aliphatic carbocycles. The lowest BCUT2D eigenvalue weighted by Gasteiger charge is -2.10. The second-order valence-electron chi connectivity index (χ2n) is 3.90. The van der Waals surface area contributed by atoms with E-state index < -0.39 is 0 Å². The van der Waals surface area contributed by atoms with Gasteiger partial charge in [0.15, 0.2) is 5.96 Å². The lowest BCUT2D eigenvalue weighted by atomic mass is 10.3. The van der Waals surface area contributed by atoms with Gasteiger partial charge in [-0.1, -0.05) is 0 Å². The molecule has 0 saturated heterocycles. The van der Waals surface area contributed by atoms with E-state index >= 15 is 0 Å². The van der Waals surface area contributed by atoms with Gasteiger partial charge in [-0.05, 0) is 25.7 Å². The lowest BCUT2D eigenvalue weighted by Crippen LogP contribution is -2.22. The zero-order valence-corrected chi connectivity index (χ0v) is 13.0. The molecule has 0 saturated carbocycles. The summed E-state index contributed by atoms with van der Waals surface area (Å²) in [7, 11) is 3.98. The Morgan fingerprint density at radius 2 is 2.17 bits per heavy atom. The quantitative estimate of drug-likeness (QED) is 0.433. The van der Waals surface area contributed by atoms with Gasteiger partial charge in [-0.25, -0.2) is 9.98 Å². The number of aliphatic imine (C=N–C) groups is 1. The summed E-state index contributed by atoms with van der Waals surface area (Å²) in [6.45, 7) is 1.89. The number of hydrogen-bond acceptors (Lipinski definition) is 4. The smallest absolute Gasteiger partial charge is 0.213 e. The summed E-state index contributed by atoms with van der Waals surface area (Å²) in [5.41, 5.74) is 11.5. The molecule has 7 heteroatoms. The zero-order chi connectivity index (χ0) is 12.7. The molecule has 1 aromatic rings. The van der Waals surface area contributed by atoms with Crippen LogP contribution in [0.5, 0.6) is 5.88 Å². The number of nitrogens with two attached hydrogens (primary N) is 2. The minimum Gasteiger partial charge on any atom is -0.476 e. The minimum atomic E-state index is 0. The monoisotopic (exact) mass is 365 g/mol. The van der Waals surface area contributed by atoms with Gasteiger partial charge in [0.25, 0.3) is 0 Å². The van der Waals surface area contributed by atoms with Crippen molar-refractivity contribution >= 4 is 29.9 Å². The summed E-state index contributed by atoms with van der Waals surface area (Å²) in [6.07, 6.45) is 1.68. The average Bonchev–Trinajstić information content (AvgIpc) is 2.26. The highest BCUT2D eigenvalue weighted by Crippen LogP contribution is 2.10. The van der Waals surface area contributed by atoms with Crippen LogP contribution in [0.3, 0.4) is 0 Å². The maximum atomic E-state index is 5.50. The van der Waals surface area contributed by atoms with Crippen molar-refractivity contribution in [3.63, 3.8) is 0 Å². The SMILES string of the molecule is CN(C)CCOc1cc(CN=C(N)N)ccn1.I. The van der Waals surface area contributed by atoms with Crippen LogP contribution in [-0.4, -0.2) is 43.1 Å². The minimum absolute atomic E-state index is 0. The summed E-state index contributed by atoms with van der Waals surface area (Å²) >= 11 is 0. The summed E-state index contributed by atoms with van der Waals surface area (Å²) < 4.78 is 5.50. The second kappa shape index (κ2) is 8.92. The van der Waals surface area contributed by atoms with E-state index in [9.17, 15) is 0 Å². The van der Waals surface area contributed by atoms with Crippen LogP contribution in [0.4, 0.5) is 0 Å². The Balaban J connectivity index is 0.00000289. The van der Waals surface area contributed by atoms with E-state index in [0.29, 0.717) is 19.0 Å². The Morgan fingerprint density at radius 3 is 2.78 bits per heavy atom. The van der Waals surface area contributed by atoms with Gasteiger partial charge in [0.1, 0.15) is 6.61 Å². The van der Waals surface area contributed by atoms with Crippen molar-refractivity contribution in [2.75, 3.05) is 27.2 Å². The first-order valence-corrected chi connectivity index (χ1v) is 5.36. The van der Waals surface area contributed by atoms with Crippen LogP contribution in [0, 0.1) is 0 Å². The van der Waals surface area contributed by atoms with E-state index in [1.54, 1.807) is 6.20 Å². The van der Waals surface area contributed by atoms with E-state index in [-0.39, 0.29) is 29.9 Å². The van der Waals surface area contributed by atoms with Gasteiger partial charge in [0.2, 0.25) is 5.88 Å². The predicted molar refractivity (Wildman–Crippen MR) is 83.2 cm³/mol. The third-order valence-electron chi connectivity index (χ3n) is 2.03. The van der Waals surface area contributed by atoms with Crippen molar-refractivity contribution in [3.05, 3.63) is 23.9 Å². The Hall–Kier alpha value is -1.09. The Bertz CT molecular complexity index is 379. The molecule has 0 radical (unpaired) electrons. The maximum Gasteiger partial charge on any atom is 0.213 e. The Morgan fingerprint density at radius 1 is 1.44 bits per heavy atom. The van der Waals surface area contributed by atoms with Gasteiger partial charge in [-0.2, -0.15) is 0 Å². The maximum absolute atomic E-state index is 5.50. The molecule has 0 fully saturated rings. The summed E-state index contributed by atoms with van der Waals surface area (Å²) in [5, 5.41) is 0. The van der Waals surface area contributed by atoms with E-state index in [1.165, 1.54) is 0 Å². The number of halogens is 1. The van der Waals surface area contributed by atoms with Crippen molar-refractivity contribution in [2.45, 2.75) is 6.54 Å². The van der Waals surface area contributed by atoms with Crippen molar-refractivity contribution in [1.29, 1.82) is 0 Å². The van der Waals surface area contributed by atoms with Crippen LogP contribution in [0.25, 0.3) is 0 Å². The third kappa shape index (κ3) is 7.28. The topological polar surface area (TPSA) is 89.8 Å². The fraction of sp³-hybridized carbons (Fsp3) is 0.455. The molecule has 1 heterocycles. The summed E-state index contributed by atoms with van der Waals surface area (Å²) in [6, 6.07) is 3.69. The molecular formula is C11H20IN5O. The standard InChI is InChI=1S/C11H19N5O.HI/c1-16(2)5-6-17-10-7-9(3-4-14-10)8-15-11(12)13;/h3-4,7H,5-6,8H2,1-2H3,(H4,12,13,15);1H. The third-order valence-corrected chi connectivity index (χ3v) is 2.03. The molecule has 0 amide bonds. The molecule has 0 atom stereocenters. The van der Waals surface area contributed by atoms with Crippen molar-refractivity contribution < 1.29 is 4.74 Å². The first-order chi connectivity index (χ1) is 8.08. The first kappa shape index (κ1) is 16.9. The fourth-order valence-corrected chi connectivity index (χ4v) is 1.14. The van der Waals surface area contributed by atoms with Crippen LogP contribution < -0.4 is 16.2 Å². The van der Waals surface area contributed by atoms with Crippen molar-refractivity contribution in [3.8, 4) is 5.88 Å². The highest BCUT2D eigenvalue weighted by molar-refractivity contribution is 14.0. The Kier molecular flexibility index (Phi) is 8.38. The molecule has 6 nitrogen and oxygen atoms in total. The molecule has 0 unspecified atom stereocenters. The molecule has 102 valence electrons. The molecule has 0 aromatic carbocycles. The molecule has 18 heavy (non-hydrogen) atoms. The number of pyridine rings is 1. The van der Waals surface area contributed by atoms with E-state index in [1.807, 2.05) is 31.1 Å². The number of guanidine groups is 1. The summed E-state index contributed by atoms with van der Waals surface area (Å²) in [4.78, 5) is 10.1. The second-order valence-corrected chi connectivity index (χ2v) is 3.90. The Labute approximate surface area is 124 Å². The molecule has 0 aliphatic heterocycles. The van der Waals surface area contributed by atoms with Crippen LogP contribution in [0.2, 0.25) is 0 Å². The number of ether oxygens (including phenoxy) is 1. The zero-order valence-electron chi connectivity index (χ0n) is 10.7. The van der Waals surface area contributed by atoms with E-state index in [2.05, 4.69) is 9.98 Å². The molecule has 1 aromatic heterocycles. The number of nitrogens with zero attached hydrogens (tertiary/aromatic N) is 3. The van der Waals surface area contributed by atoms with Crippen LogP contribution in [0.15, 0.2) is 23.3 Å². The van der Waals surface area contributed by atoms with Crippen molar-refractivity contribution in [2.24, 2.45) is 16.5 Å². The predicted octanol–water partition coefficient (Wildman–Crippen LogP) is 0.413. The first-order valence-electron chi connectivity index (χ1n) is 5.36. The molecular weight excluding hydrogens is 345 g/mol.